The van der Waals surface area contributed by atoms with Crippen molar-refractivity contribution in [2.24, 2.45) is 0 Å². The van der Waals surface area contributed by atoms with Gasteiger partial charge in [0, 0.05) is 12.6 Å². The number of benzene rings is 1. The topological polar surface area (TPSA) is 27.1 Å². The second-order valence-corrected chi connectivity index (χ2v) is 4.11. The maximum absolute atomic E-state index is 5.26. The summed E-state index contributed by atoms with van der Waals surface area (Å²) in [5.74, 6) is 1.07. The zero-order chi connectivity index (χ0) is 12.7. The first-order valence-electron chi connectivity index (χ1n) is 5.89. The molecule has 0 radical (unpaired) electrons. The number of amidine groups is 1. The molecule has 0 amide bonds. The molecule has 1 aromatic carbocycles. The summed E-state index contributed by atoms with van der Waals surface area (Å²) in [6, 6.07) is 9.91. The number of nitrogens with one attached hydrogen (secondary N) is 2. The van der Waals surface area contributed by atoms with Gasteiger partial charge >= 0.3 is 0 Å². The maximum atomic E-state index is 5.26. The van der Waals surface area contributed by atoms with Gasteiger partial charge in [-0.3, -0.25) is 4.58 Å². The van der Waals surface area contributed by atoms with E-state index in [1.165, 1.54) is 0 Å². The molecule has 0 aromatic heterocycles. The average molecular weight is 250 g/mol. The van der Waals surface area contributed by atoms with Crippen LogP contribution in [0.4, 0.5) is 5.69 Å². The number of hydrogen-bond donors (Lipinski definition) is 2. The highest BCUT2D eigenvalue weighted by atomic mass is 32.1. The Morgan fingerprint density at radius 1 is 1.18 bits per heavy atom. The van der Waals surface area contributed by atoms with Crippen molar-refractivity contribution in [1.82, 2.24) is 5.32 Å². The molecule has 17 heavy (non-hydrogen) atoms. The zero-order valence-electron chi connectivity index (χ0n) is 10.7. The van der Waals surface area contributed by atoms with Gasteiger partial charge in [0.25, 0.3) is 5.11 Å². The van der Waals surface area contributed by atoms with Crippen molar-refractivity contribution in [3.8, 4) is 0 Å². The normalized spacial score (nSPS) is 9.59. The molecule has 0 saturated carbocycles. The lowest BCUT2D eigenvalue weighted by Crippen LogP contribution is -2.38. The summed E-state index contributed by atoms with van der Waals surface area (Å²) < 4.78 is 2.22. The fourth-order valence-electron chi connectivity index (χ4n) is 1.63. The Labute approximate surface area is 109 Å². The number of anilines is 1. The second-order valence-electron chi connectivity index (χ2n) is 3.70. The quantitative estimate of drug-likeness (QED) is 0.373. The Balaban J connectivity index is 2.59. The van der Waals surface area contributed by atoms with Crippen molar-refractivity contribution in [3.63, 3.8) is 0 Å². The Hall–Kier alpha value is -1.42. The zero-order valence-corrected chi connectivity index (χ0v) is 11.5. The third-order valence-corrected chi connectivity index (χ3v) is 2.77. The number of rotatable bonds is 3. The lowest BCUT2D eigenvalue weighted by atomic mass is 10.3. The average Bonchev–Trinajstić information content (AvgIpc) is 2.31. The molecule has 2 N–H and O–H groups in total. The first kappa shape index (κ1) is 13.6. The molecule has 0 saturated heterocycles. The molecular weight excluding hydrogens is 230 g/mol. The van der Waals surface area contributed by atoms with Gasteiger partial charge in [0.05, 0.1) is 13.1 Å². The van der Waals surface area contributed by atoms with Gasteiger partial charge < -0.3 is 5.32 Å². The molecule has 0 heterocycles. The van der Waals surface area contributed by atoms with Gasteiger partial charge in [0.1, 0.15) is 0 Å². The van der Waals surface area contributed by atoms with Crippen LogP contribution < -0.4 is 10.6 Å². The molecule has 1 aromatic rings. The van der Waals surface area contributed by atoms with Crippen LogP contribution >= 0.6 is 12.2 Å². The van der Waals surface area contributed by atoms with Crippen LogP contribution in [0.3, 0.4) is 0 Å². The van der Waals surface area contributed by atoms with Crippen molar-refractivity contribution in [2.45, 2.75) is 20.8 Å². The van der Waals surface area contributed by atoms with E-state index in [2.05, 4.69) is 29.1 Å². The summed E-state index contributed by atoms with van der Waals surface area (Å²) in [6.45, 7) is 8.24. The minimum atomic E-state index is 0.626. The van der Waals surface area contributed by atoms with E-state index in [0.717, 1.165) is 24.6 Å². The molecule has 0 atom stereocenters. The molecule has 1 rings (SSSR count). The highest BCUT2D eigenvalue weighted by Crippen LogP contribution is 2.04. The van der Waals surface area contributed by atoms with Crippen LogP contribution in [0.1, 0.15) is 20.8 Å². The number of thiocarbonyl (C=S) groups is 1. The Morgan fingerprint density at radius 2 is 1.76 bits per heavy atom. The standard InChI is InChI=1S/C13H19N3S/c1-4-16(5-2)11(3)14-13(17)15-12-9-7-6-8-10-12/h6-10H,4-5H2,1-3H3,(H,15,17)/p+1. The molecule has 0 bridgehead atoms. The molecule has 4 heteroatoms. The highest BCUT2D eigenvalue weighted by molar-refractivity contribution is 7.80. The number of nitrogens with zero attached hydrogens (tertiary/aromatic N) is 1. The van der Waals surface area contributed by atoms with Crippen LogP contribution in [0.5, 0.6) is 0 Å². The third kappa shape index (κ3) is 4.53. The summed E-state index contributed by atoms with van der Waals surface area (Å²) in [7, 11) is 0. The Morgan fingerprint density at radius 3 is 2.29 bits per heavy atom. The SMILES string of the molecule is CC[N+](CC)=C(C)NC(=S)Nc1ccccc1. The van der Waals surface area contributed by atoms with Crippen LogP contribution in [-0.2, 0) is 0 Å². The molecule has 0 spiro atoms. The monoisotopic (exact) mass is 250 g/mol. The first-order chi connectivity index (χ1) is 8.17. The van der Waals surface area contributed by atoms with E-state index >= 15 is 0 Å². The van der Waals surface area contributed by atoms with Gasteiger partial charge in [-0.15, -0.1) is 0 Å². The lowest BCUT2D eigenvalue weighted by Gasteiger charge is -2.08. The summed E-state index contributed by atoms with van der Waals surface area (Å²) in [5.41, 5.74) is 0.998. The molecule has 0 unspecified atom stereocenters. The van der Waals surface area contributed by atoms with Gasteiger partial charge in [-0.05, 0) is 38.2 Å². The summed E-state index contributed by atoms with van der Waals surface area (Å²) in [4.78, 5) is 0. The van der Waals surface area contributed by atoms with E-state index in [0.29, 0.717) is 5.11 Å². The van der Waals surface area contributed by atoms with Gasteiger partial charge in [0.15, 0.2) is 0 Å². The van der Waals surface area contributed by atoms with Crippen molar-refractivity contribution in [3.05, 3.63) is 30.3 Å². The predicted octanol–water partition coefficient (Wildman–Crippen LogP) is 2.44. The maximum Gasteiger partial charge on any atom is 0.264 e. The number of para-hydroxylation sites is 1. The predicted molar refractivity (Wildman–Crippen MR) is 77.8 cm³/mol. The van der Waals surface area contributed by atoms with E-state index in [9.17, 15) is 0 Å². The first-order valence-corrected chi connectivity index (χ1v) is 6.29. The van der Waals surface area contributed by atoms with Crippen molar-refractivity contribution in [2.75, 3.05) is 18.4 Å². The lowest BCUT2D eigenvalue weighted by molar-refractivity contribution is -0.522. The highest BCUT2D eigenvalue weighted by Gasteiger charge is 2.08. The molecule has 0 fully saturated rings. The van der Waals surface area contributed by atoms with Crippen molar-refractivity contribution >= 4 is 28.9 Å². The Kier molecular flexibility index (Phi) is 5.63. The fourth-order valence-corrected chi connectivity index (χ4v) is 1.89. The third-order valence-electron chi connectivity index (χ3n) is 2.56. The minimum absolute atomic E-state index is 0.626. The minimum Gasteiger partial charge on any atom is -0.313 e. The van der Waals surface area contributed by atoms with Crippen LogP contribution in [0, 0.1) is 0 Å². The van der Waals surface area contributed by atoms with Crippen LogP contribution in [0.25, 0.3) is 0 Å². The van der Waals surface area contributed by atoms with Crippen molar-refractivity contribution in [1.29, 1.82) is 0 Å². The summed E-state index contributed by atoms with van der Waals surface area (Å²) in [5, 5.41) is 6.97. The van der Waals surface area contributed by atoms with E-state index in [1.807, 2.05) is 37.3 Å². The van der Waals surface area contributed by atoms with Gasteiger partial charge in [-0.25, -0.2) is 5.32 Å². The molecule has 0 aliphatic rings. The van der Waals surface area contributed by atoms with E-state index in [-0.39, 0.29) is 0 Å². The fraction of sp³-hybridized carbons (Fsp3) is 0.385. The van der Waals surface area contributed by atoms with E-state index in [1.54, 1.807) is 0 Å². The molecule has 92 valence electrons. The van der Waals surface area contributed by atoms with E-state index in [4.69, 9.17) is 12.2 Å². The van der Waals surface area contributed by atoms with Crippen molar-refractivity contribution < 1.29 is 4.58 Å². The van der Waals surface area contributed by atoms with Crippen LogP contribution in [0.2, 0.25) is 0 Å². The Bertz CT molecular complexity index is 392. The van der Waals surface area contributed by atoms with Gasteiger partial charge in [0.2, 0.25) is 5.84 Å². The van der Waals surface area contributed by atoms with E-state index < -0.39 is 0 Å². The second kappa shape index (κ2) is 7.01. The molecule has 3 nitrogen and oxygen atoms in total. The summed E-state index contributed by atoms with van der Waals surface area (Å²) in [6.07, 6.45) is 0. The number of hydrogen-bond acceptors (Lipinski definition) is 1. The van der Waals surface area contributed by atoms with Crippen LogP contribution in [0.15, 0.2) is 30.3 Å². The molecule has 0 aliphatic carbocycles. The largest absolute Gasteiger partial charge is 0.313 e. The molecular formula is C13H20N3S+. The van der Waals surface area contributed by atoms with Gasteiger partial charge in [-0.1, -0.05) is 18.2 Å². The van der Waals surface area contributed by atoms with Crippen LogP contribution in [-0.4, -0.2) is 28.6 Å². The smallest absolute Gasteiger partial charge is 0.264 e. The summed E-state index contributed by atoms with van der Waals surface area (Å²) >= 11 is 5.26. The van der Waals surface area contributed by atoms with Gasteiger partial charge in [-0.2, -0.15) is 0 Å². The molecule has 0 aliphatic heterocycles.